The molecule has 0 nitrogen and oxygen atoms in total. The van der Waals surface area contributed by atoms with Gasteiger partial charge in [0.1, 0.15) is 7.85 Å². The SMILES string of the molecule is Bc1ccc(C(C)(C)C)cc1C(C)C. The lowest BCUT2D eigenvalue weighted by Gasteiger charge is -2.22. The molecule has 0 aliphatic rings. The van der Waals surface area contributed by atoms with Crippen molar-refractivity contribution >= 4 is 13.3 Å². The van der Waals surface area contributed by atoms with Crippen LogP contribution in [-0.4, -0.2) is 7.85 Å². The van der Waals surface area contributed by atoms with Crippen LogP contribution >= 0.6 is 0 Å². The summed E-state index contributed by atoms with van der Waals surface area (Å²) >= 11 is 0. The van der Waals surface area contributed by atoms with E-state index in [0.717, 1.165) is 0 Å². The fraction of sp³-hybridized carbons (Fsp3) is 0.538. The van der Waals surface area contributed by atoms with Crippen molar-refractivity contribution in [1.29, 1.82) is 0 Å². The van der Waals surface area contributed by atoms with Gasteiger partial charge in [-0.05, 0) is 16.9 Å². The first kappa shape index (κ1) is 11.4. The number of benzene rings is 1. The Labute approximate surface area is 89.1 Å². The third-order valence-electron chi connectivity index (χ3n) is 2.77. The quantitative estimate of drug-likeness (QED) is 0.593. The van der Waals surface area contributed by atoms with Gasteiger partial charge < -0.3 is 0 Å². The molecule has 0 spiro atoms. The molecule has 1 rings (SSSR count). The van der Waals surface area contributed by atoms with Crippen LogP contribution in [0.5, 0.6) is 0 Å². The van der Waals surface area contributed by atoms with E-state index in [4.69, 9.17) is 0 Å². The van der Waals surface area contributed by atoms with E-state index in [1.54, 1.807) is 0 Å². The van der Waals surface area contributed by atoms with Crippen LogP contribution < -0.4 is 5.46 Å². The lowest BCUT2D eigenvalue weighted by molar-refractivity contribution is 0.589. The maximum atomic E-state index is 2.36. The fourth-order valence-corrected chi connectivity index (χ4v) is 1.73. The van der Waals surface area contributed by atoms with Crippen molar-refractivity contribution in [2.24, 2.45) is 0 Å². The van der Waals surface area contributed by atoms with Gasteiger partial charge in [-0.1, -0.05) is 63.8 Å². The molecule has 0 bridgehead atoms. The Balaban J connectivity index is 3.20. The second-order valence-corrected chi connectivity index (χ2v) is 5.48. The van der Waals surface area contributed by atoms with Crippen molar-refractivity contribution in [3.8, 4) is 0 Å². The number of hydrogen-bond acceptors (Lipinski definition) is 0. The van der Waals surface area contributed by atoms with Crippen LogP contribution in [0.15, 0.2) is 18.2 Å². The molecule has 1 aromatic carbocycles. The lowest BCUT2D eigenvalue weighted by atomic mass is 9.79. The molecular formula is C13H21B. The Morgan fingerprint density at radius 3 is 2.14 bits per heavy atom. The molecule has 0 aliphatic carbocycles. The van der Waals surface area contributed by atoms with E-state index in [1.165, 1.54) is 16.6 Å². The van der Waals surface area contributed by atoms with Crippen LogP contribution in [0.4, 0.5) is 0 Å². The van der Waals surface area contributed by atoms with Gasteiger partial charge in [-0.15, -0.1) is 0 Å². The van der Waals surface area contributed by atoms with Crippen LogP contribution in [0.25, 0.3) is 0 Å². The van der Waals surface area contributed by atoms with Gasteiger partial charge in [-0.25, -0.2) is 0 Å². The van der Waals surface area contributed by atoms with Gasteiger partial charge >= 0.3 is 0 Å². The average molecular weight is 188 g/mol. The van der Waals surface area contributed by atoms with Crippen LogP contribution in [0.3, 0.4) is 0 Å². The van der Waals surface area contributed by atoms with Crippen molar-refractivity contribution in [3.05, 3.63) is 29.3 Å². The third-order valence-corrected chi connectivity index (χ3v) is 2.77. The molecule has 76 valence electrons. The maximum absolute atomic E-state index is 2.36. The average Bonchev–Trinajstić information content (AvgIpc) is 2.02. The molecule has 0 heterocycles. The smallest absolute Gasteiger partial charge is 0.0855 e. The molecule has 0 saturated carbocycles. The molecule has 14 heavy (non-hydrogen) atoms. The highest BCUT2D eigenvalue weighted by molar-refractivity contribution is 6.33. The molecule has 0 atom stereocenters. The van der Waals surface area contributed by atoms with Gasteiger partial charge in [0.15, 0.2) is 0 Å². The van der Waals surface area contributed by atoms with E-state index >= 15 is 0 Å². The Hall–Kier alpha value is -0.715. The summed E-state index contributed by atoms with van der Waals surface area (Å²) < 4.78 is 0. The summed E-state index contributed by atoms with van der Waals surface area (Å²) in [6.45, 7) is 11.3. The monoisotopic (exact) mass is 188 g/mol. The zero-order valence-corrected chi connectivity index (χ0v) is 10.3. The lowest BCUT2D eigenvalue weighted by Crippen LogP contribution is -2.17. The van der Waals surface area contributed by atoms with Crippen molar-refractivity contribution in [3.63, 3.8) is 0 Å². The minimum Gasteiger partial charge on any atom is -0.0855 e. The van der Waals surface area contributed by atoms with Crippen molar-refractivity contribution < 1.29 is 0 Å². The van der Waals surface area contributed by atoms with E-state index in [2.05, 4.69) is 60.7 Å². The molecule has 1 aromatic rings. The van der Waals surface area contributed by atoms with Gasteiger partial charge in [-0.2, -0.15) is 0 Å². The summed E-state index contributed by atoms with van der Waals surface area (Å²) in [7, 11) is 2.20. The Morgan fingerprint density at radius 2 is 1.71 bits per heavy atom. The van der Waals surface area contributed by atoms with E-state index < -0.39 is 0 Å². The van der Waals surface area contributed by atoms with Gasteiger partial charge in [-0.3, -0.25) is 0 Å². The molecule has 0 aliphatic heterocycles. The normalized spacial score (nSPS) is 12.1. The van der Waals surface area contributed by atoms with E-state index in [0.29, 0.717) is 5.92 Å². The minimum atomic E-state index is 0.261. The second kappa shape index (κ2) is 3.80. The Kier molecular flexibility index (Phi) is 3.09. The standard InChI is InChI=1S/C13H21B/c1-9(2)11-8-10(13(3,4)5)6-7-12(11)14/h6-9H,14H2,1-5H3. The van der Waals surface area contributed by atoms with Gasteiger partial charge in [0.2, 0.25) is 0 Å². The zero-order chi connectivity index (χ0) is 10.9. The predicted molar refractivity (Wildman–Crippen MR) is 67.4 cm³/mol. The van der Waals surface area contributed by atoms with E-state index in [-0.39, 0.29) is 5.41 Å². The highest BCUT2D eigenvalue weighted by atomic mass is 14.2. The summed E-state index contributed by atoms with van der Waals surface area (Å²) in [5.74, 6) is 0.622. The van der Waals surface area contributed by atoms with Crippen LogP contribution in [0.1, 0.15) is 51.7 Å². The van der Waals surface area contributed by atoms with Crippen LogP contribution in [-0.2, 0) is 5.41 Å². The highest BCUT2D eigenvalue weighted by Gasteiger charge is 2.15. The molecule has 0 radical (unpaired) electrons. The summed E-state index contributed by atoms with van der Waals surface area (Å²) in [6, 6.07) is 6.86. The summed E-state index contributed by atoms with van der Waals surface area (Å²) in [4.78, 5) is 0. The zero-order valence-electron chi connectivity index (χ0n) is 10.3. The van der Waals surface area contributed by atoms with Gasteiger partial charge in [0.05, 0.1) is 0 Å². The highest BCUT2D eigenvalue weighted by Crippen LogP contribution is 2.24. The molecule has 0 unspecified atom stereocenters. The molecular weight excluding hydrogens is 167 g/mol. The maximum Gasteiger partial charge on any atom is 0.139 e. The van der Waals surface area contributed by atoms with E-state index in [1.807, 2.05) is 0 Å². The molecule has 0 aromatic heterocycles. The topological polar surface area (TPSA) is 0 Å². The number of hydrogen-bond donors (Lipinski definition) is 0. The first-order valence-corrected chi connectivity index (χ1v) is 5.43. The number of rotatable bonds is 1. The largest absolute Gasteiger partial charge is 0.139 e. The minimum absolute atomic E-state index is 0.261. The van der Waals surface area contributed by atoms with Crippen molar-refractivity contribution in [1.82, 2.24) is 0 Å². The van der Waals surface area contributed by atoms with Gasteiger partial charge in [0, 0.05) is 0 Å². The molecule has 0 fully saturated rings. The summed E-state index contributed by atoms with van der Waals surface area (Å²) in [5, 5.41) is 0. The molecule has 0 amide bonds. The first-order valence-electron chi connectivity index (χ1n) is 5.43. The fourth-order valence-electron chi connectivity index (χ4n) is 1.73. The second-order valence-electron chi connectivity index (χ2n) is 5.48. The predicted octanol–water partition coefficient (Wildman–Crippen LogP) is 2.37. The molecule has 0 saturated heterocycles. The van der Waals surface area contributed by atoms with E-state index in [9.17, 15) is 0 Å². The van der Waals surface area contributed by atoms with Crippen molar-refractivity contribution in [2.45, 2.75) is 46.0 Å². The summed E-state index contributed by atoms with van der Waals surface area (Å²) in [6.07, 6.45) is 0. The molecule has 0 N–H and O–H groups in total. The molecule has 1 heteroatoms. The van der Waals surface area contributed by atoms with Crippen LogP contribution in [0, 0.1) is 0 Å². The summed E-state index contributed by atoms with van der Waals surface area (Å²) in [5.41, 5.74) is 4.59. The van der Waals surface area contributed by atoms with Crippen molar-refractivity contribution in [2.75, 3.05) is 0 Å². The van der Waals surface area contributed by atoms with Crippen LogP contribution in [0.2, 0.25) is 0 Å². The first-order chi connectivity index (χ1) is 6.32. The third kappa shape index (κ3) is 2.40. The van der Waals surface area contributed by atoms with Gasteiger partial charge in [0.25, 0.3) is 0 Å². The Bertz CT molecular complexity index is 318. The Morgan fingerprint density at radius 1 is 1.14 bits per heavy atom.